The highest BCUT2D eigenvalue weighted by atomic mass is 16.2. The number of hydrogen-bond acceptors (Lipinski definition) is 3. The van der Waals surface area contributed by atoms with Gasteiger partial charge < -0.3 is 4.90 Å². The predicted octanol–water partition coefficient (Wildman–Crippen LogP) is 3.55. The number of carbonyl (C=O) groups is 1. The van der Waals surface area contributed by atoms with Crippen LogP contribution < -0.4 is 0 Å². The third kappa shape index (κ3) is 3.84. The lowest BCUT2D eigenvalue weighted by Crippen LogP contribution is -2.39. The molecule has 0 fully saturated rings. The SMILES string of the molecule is CCCCC(C)N(CCCC)C(=O)c1ccn2ccnc2n1. The van der Waals surface area contributed by atoms with Crippen LogP contribution >= 0.6 is 0 Å². The standard InChI is InChI=1S/C17H26N4O/c1-4-6-8-14(3)21(11-7-5-2)16(22)15-9-12-20-13-10-18-17(20)19-15/h9-10,12-14H,4-8,11H2,1-3H3. The first-order valence-corrected chi connectivity index (χ1v) is 8.28. The number of carbonyl (C=O) groups excluding carboxylic acids is 1. The molecule has 2 heterocycles. The van der Waals surface area contributed by atoms with Gasteiger partial charge in [0, 0.05) is 31.2 Å². The number of nitrogens with zero attached hydrogens (tertiary/aromatic N) is 4. The van der Waals surface area contributed by atoms with Crippen LogP contribution in [-0.4, -0.2) is 37.8 Å². The Balaban J connectivity index is 2.18. The van der Waals surface area contributed by atoms with Gasteiger partial charge in [0.25, 0.3) is 5.91 Å². The number of rotatable bonds is 8. The lowest BCUT2D eigenvalue weighted by atomic mass is 10.1. The highest BCUT2D eigenvalue weighted by Crippen LogP contribution is 2.14. The van der Waals surface area contributed by atoms with Gasteiger partial charge in [-0.25, -0.2) is 9.97 Å². The molecule has 0 aromatic carbocycles. The molecule has 1 unspecified atom stereocenters. The van der Waals surface area contributed by atoms with Crippen molar-refractivity contribution in [2.75, 3.05) is 6.54 Å². The van der Waals surface area contributed by atoms with Crippen molar-refractivity contribution in [1.29, 1.82) is 0 Å². The molecule has 0 N–H and O–H groups in total. The molecule has 0 bridgehead atoms. The van der Waals surface area contributed by atoms with Gasteiger partial charge in [-0.05, 0) is 25.8 Å². The first kappa shape index (κ1) is 16.5. The van der Waals surface area contributed by atoms with Crippen LogP contribution in [0.25, 0.3) is 5.78 Å². The van der Waals surface area contributed by atoms with Gasteiger partial charge in [0.2, 0.25) is 5.78 Å². The highest BCUT2D eigenvalue weighted by molar-refractivity contribution is 5.92. The number of aromatic nitrogens is 3. The molecule has 2 aromatic heterocycles. The zero-order chi connectivity index (χ0) is 15.9. The number of unbranched alkanes of at least 4 members (excludes halogenated alkanes) is 2. The third-order valence-corrected chi connectivity index (χ3v) is 4.00. The van der Waals surface area contributed by atoms with Crippen molar-refractivity contribution < 1.29 is 4.79 Å². The number of fused-ring (bicyclic) bond motifs is 1. The summed E-state index contributed by atoms with van der Waals surface area (Å²) in [5, 5.41) is 0. The van der Waals surface area contributed by atoms with E-state index in [2.05, 4.69) is 30.7 Å². The number of imidazole rings is 1. The van der Waals surface area contributed by atoms with Crippen molar-refractivity contribution in [3.05, 3.63) is 30.4 Å². The maximum Gasteiger partial charge on any atom is 0.272 e. The van der Waals surface area contributed by atoms with Gasteiger partial charge in [0.1, 0.15) is 5.69 Å². The summed E-state index contributed by atoms with van der Waals surface area (Å²) >= 11 is 0. The van der Waals surface area contributed by atoms with Crippen LogP contribution in [0.3, 0.4) is 0 Å². The van der Waals surface area contributed by atoms with Gasteiger partial charge in [-0.2, -0.15) is 0 Å². The summed E-state index contributed by atoms with van der Waals surface area (Å²) < 4.78 is 1.81. The topological polar surface area (TPSA) is 50.5 Å². The fourth-order valence-electron chi connectivity index (χ4n) is 2.58. The molecule has 22 heavy (non-hydrogen) atoms. The van der Waals surface area contributed by atoms with Crippen LogP contribution in [-0.2, 0) is 0 Å². The van der Waals surface area contributed by atoms with E-state index in [0.29, 0.717) is 11.5 Å². The lowest BCUT2D eigenvalue weighted by Gasteiger charge is -2.29. The van der Waals surface area contributed by atoms with Crippen LogP contribution in [0, 0.1) is 0 Å². The average Bonchev–Trinajstić information content (AvgIpc) is 3.00. The van der Waals surface area contributed by atoms with Crippen molar-refractivity contribution in [3.8, 4) is 0 Å². The first-order valence-electron chi connectivity index (χ1n) is 8.28. The molecule has 0 spiro atoms. The molecule has 0 saturated heterocycles. The van der Waals surface area contributed by atoms with E-state index in [-0.39, 0.29) is 11.9 Å². The van der Waals surface area contributed by atoms with E-state index < -0.39 is 0 Å². The summed E-state index contributed by atoms with van der Waals surface area (Å²) in [5.41, 5.74) is 0.484. The summed E-state index contributed by atoms with van der Waals surface area (Å²) in [6.07, 6.45) is 10.8. The molecular weight excluding hydrogens is 276 g/mol. The fraction of sp³-hybridized carbons (Fsp3) is 0.588. The minimum Gasteiger partial charge on any atom is -0.335 e. The Labute approximate surface area is 132 Å². The molecule has 2 aromatic rings. The van der Waals surface area contributed by atoms with E-state index >= 15 is 0 Å². The summed E-state index contributed by atoms with van der Waals surface area (Å²) in [4.78, 5) is 23.4. The molecular formula is C17H26N4O. The normalized spacial score (nSPS) is 12.5. The molecule has 2 rings (SSSR count). The molecule has 5 heteroatoms. The van der Waals surface area contributed by atoms with Crippen LogP contribution in [0.5, 0.6) is 0 Å². The predicted molar refractivity (Wildman–Crippen MR) is 87.9 cm³/mol. The number of amides is 1. The second-order valence-corrected chi connectivity index (χ2v) is 5.79. The zero-order valence-electron chi connectivity index (χ0n) is 13.8. The van der Waals surface area contributed by atoms with Gasteiger partial charge in [-0.15, -0.1) is 0 Å². The zero-order valence-corrected chi connectivity index (χ0v) is 13.8. The van der Waals surface area contributed by atoms with Crippen molar-refractivity contribution in [1.82, 2.24) is 19.3 Å². The molecule has 120 valence electrons. The van der Waals surface area contributed by atoms with Crippen molar-refractivity contribution >= 4 is 11.7 Å². The van der Waals surface area contributed by atoms with Crippen molar-refractivity contribution in [2.24, 2.45) is 0 Å². The van der Waals surface area contributed by atoms with Gasteiger partial charge in [0.05, 0.1) is 0 Å². The monoisotopic (exact) mass is 302 g/mol. The maximum absolute atomic E-state index is 12.8. The lowest BCUT2D eigenvalue weighted by molar-refractivity contribution is 0.0673. The van der Waals surface area contributed by atoms with E-state index in [4.69, 9.17) is 0 Å². The van der Waals surface area contributed by atoms with E-state index in [9.17, 15) is 4.79 Å². The Kier molecular flexibility index (Phi) is 5.92. The van der Waals surface area contributed by atoms with E-state index in [1.54, 1.807) is 12.3 Å². The Morgan fingerprint density at radius 1 is 1.27 bits per heavy atom. The molecule has 0 saturated carbocycles. The quantitative estimate of drug-likeness (QED) is 0.749. The Morgan fingerprint density at radius 3 is 2.77 bits per heavy atom. The Bertz CT molecular complexity index is 607. The second-order valence-electron chi connectivity index (χ2n) is 5.79. The molecule has 1 amide bonds. The van der Waals surface area contributed by atoms with Gasteiger partial charge >= 0.3 is 0 Å². The van der Waals surface area contributed by atoms with E-state index in [1.807, 2.05) is 21.7 Å². The van der Waals surface area contributed by atoms with Crippen molar-refractivity contribution in [3.63, 3.8) is 0 Å². The summed E-state index contributed by atoms with van der Waals surface area (Å²) in [6.45, 7) is 7.26. The maximum atomic E-state index is 12.8. The molecule has 0 aliphatic carbocycles. The van der Waals surface area contributed by atoms with Gasteiger partial charge in [-0.3, -0.25) is 9.20 Å². The van der Waals surface area contributed by atoms with Crippen molar-refractivity contribution in [2.45, 2.75) is 58.9 Å². The number of hydrogen-bond donors (Lipinski definition) is 0. The van der Waals surface area contributed by atoms with Crippen LogP contribution in [0.4, 0.5) is 0 Å². The van der Waals surface area contributed by atoms with Crippen LogP contribution in [0.15, 0.2) is 24.7 Å². The summed E-state index contributed by atoms with van der Waals surface area (Å²) in [6, 6.07) is 2.03. The third-order valence-electron chi connectivity index (χ3n) is 4.00. The van der Waals surface area contributed by atoms with Crippen LogP contribution in [0.1, 0.15) is 63.4 Å². The fourth-order valence-corrected chi connectivity index (χ4v) is 2.58. The minimum atomic E-state index is 0.0163. The largest absolute Gasteiger partial charge is 0.335 e. The second kappa shape index (κ2) is 7.92. The molecule has 0 aliphatic heterocycles. The Hall–Kier alpha value is -1.91. The molecule has 0 aliphatic rings. The van der Waals surface area contributed by atoms with E-state index in [0.717, 1.165) is 38.6 Å². The van der Waals surface area contributed by atoms with Gasteiger partial charge in [-0.1, -0.05) is 33.1 Å². The highest BCUT2D eigenvalue weighted by Gasteiger charge is 2.22. The van der Waals surface area contributed by atoms with Crippen LogP contribution in [0.2, 0.25) is 0 Å². The average molecular weight is 302 g/mol. The molecule has 0 radical (unpaired) electrons. The van der Waals surface area contributed by atoms with Gasteiger partial charge in [0.15, 0.2) is 0 Å². The molecule has 5 nitrogen and oxygen atoms in total. The summed E-state index contributed by atoms with van der Waals surface area (Å²) in [7, 11) is 0. The first-order chi connectivity index (χ1) is 10.7. The van der Waals surface area contributed by atoms with E-state index in [1.165, 1.54) is 0 Å². The minimum absolute atomic E-state index is 0.0163. The molecule has 1 atom stereocenters. The smallest absolute Gasteiger partial charge is 0.272 e. The Morgan fingerprint density at radius 2 is 2.05 bits per heavy atom. The summed E-state index contributed by atoms with van der Waals surface area (Å²) in [5.74, 6) is 0.588.